The number of benzene rings is 1. The maximum Gasteiger partial charge on any atom is 0.329 e. The van der Waals surface area contributed by atoms with E-state index in [4.69, 9.17) is 23.2 Å². The van der Waals surface area contributed by atoms with E-state index in [2.05, 4.69) is 5.32 Å². The lowest BCUT2D eigenvalue weighted by Gasteiger charge is -2.13. The minimum Gasteiger partial charge on any atom is -0.325 e. The Bertz CT molecular complexity index is 524. The number of carbonyl (C=O) groups excluding carboxylic acids is 2. The third-order valence-electron chi connectivity index (χ3n) is 2.79. The number of nitrogens with zero attached hydrogens (tertiary/aromatic N) is 1. The molecule has 0 radical (unpaired) electrons. The zero-order chi connectivity index (χ0) is 14.0. The third kappa shape index (κ3) is 2.99. The molecule has 0 aliphatic carbocycles. The molecule has 7 heteroatoms. The predicted octanol–water partition coefficient (Wildman–Crippen LogP) is 3.17. The van der Waals surface area contributed by atoms with Gasteiger partial charge in [-0.25, -0.2) is 9.69 Å². The number of halogens is 2. The average molecular weight is 319 g/mol. The van der Waals surface area contributed by atoms with Crippen molar-refractivity contribution in [2.24, 2.45) is 0 Å². The minimum atomic E-state index is -0.464. The molecule has 0 bridgehead atoms. The molecular formula is C12H12Cl2N2O2S. The van der Waals surface area contributed by atoms with Crippen LogP contribution in [0.1, 0.15) is 6.42 Å². The van der Waals surface area contributed by atoms with Crippen molar-refractivity contribution in [3.05, 3.63) is 28.2 Å². The molecule has 1 N–H and O–H groups in total. The van der Waals surface area contributed by atoms with Crippen LogP contribution in [0.5, 0.6) is 0 Å². The lowest BCUT2D eigenvalue weighted by molar-refractivity contribution is -0.118. The zero-order valence-electron chi connectivity index (χ0n) is 10.2. The first-order valence-electron chi connectivity index (χ1n) is 5.63. The van der Waals surface area contributed by atoms with Gasteiger partial charge in [0, 0.05) is 0 Å². The molecule has 0 aromatic heterocycles. The van der Waals surface area contributed by atoms with Crippen molar-refractivity contribution < 1.29 is 9.59 Å². The van der Waals surface area contributed by atoms with Gasteiger partial charge in [-0.3, -0.25) is 4.79 Å². The molecule has 1 aromatic carbocycles. The first kappa shape index (κ1) is 14.5. The second kappa shape index (κ2) is 6.03. The zero-order valence-corrected chi connectivity index (χ0v) is 12.5. The second-order valence-corrected chi connectivity index (χ2v) is 5.86. The van der Waals surface area contributed by atoms with E-state index in [1.54, 1.807) is 23.9 Å². The molecule has 1 aliphatic heterocycles. The number of carbonyl (C=O) groups is 2. The van der Waals surface area contributed by atoms with E-state index in [0.29, 0.717) is 22.2 Å². The highest BCUT2D eigenvalue weighted by atomic mass is 35.5. The maximum atomic E-state index is 12.2. The normalized spacial score (nSPS) is 18.9. The van der Waals surface area contributed by atoms with Gasteiger partial charge in [0.15, 0.2) is 0 Å². The largest absolute Gasteiger partial charge is 0.329 e. The predicted molar refractivity (Wildman–Crippen MR) is 79.3 cm³/mol. The molecule has 1 aromatic rings. The van der Waals surface area contributed by atoms with E-state index in [1.165, 1.54) is 6.07 Å². The van der Waals surface area contributed by atoms with Crippen LogP contribution in [0.2, 0.25) is 10.0 Å². The number of imide groups is 1. The Balaban J connectivity index is 2.22. The SMILES string of the molecule is CSCCC1NC(=O)N(c2ccc(Cl)c(Cl)c2)C1=O. The van der Waals surface area contributed by atoms with Gasteiger partial charge < -0.3 is 5.32 Å². The average Bonchev–Trinajstić information content (AvgIpc) is 2.65. The van der Waals surface area contributed by atoms with E-state index in [9.17, 15) is 9.59 Å². The van der Waals surface area contributed by atoms with Crippen LogP contribution in [0.4, 0.5) is 10.5 Å². The standard InChI is InChI=1S/C12H12Cl2N2O2S/c1-19-5-4-10-11(17)16(12(18)15-10)7-2-3-8(13)9(14)6-7/h2-3,6,10H,4-5H2,1H3,(H,15,18). The van der Waals surface area contributed by atoms with Crippen LogP contribution in [0.25, 0.3) is 0 Å². The Labute approximate surface area is 125 Å². The number of urea groups is 1. The number of hydrogen-bond acceptors (Lipinski definition) is 3. The Hall–Kier alpha value is -0.910. The van der Waals surface area contributed by atoms with Crippen molar-refractivity contribution in [3.63, 3.8) is 0 Å². The van der Waals surface area contributed by atoms with Gasteiger partial charge >= 0.3 is 6.03 Å². The molecule has 1 saturated heterocycles. The molecule has 2 rings (SSSR count). The lowest BCUT2D eigenvalue weighted by Crippen LogP contribution is -2.31. The molecule has 3 amide bonds. The number of hydrogen-bond donors (Lipinski definition) is 1. The Morgan fingerprint density at radius 1 is 1.32 bits per heavy atom. The molecule has 4 nitrogen and oxygen atoms in total. The van der Waals surface area contributed by atoms with Gasteiger partial charge in [0.2, 0.25) is 0 Å². The van der Waals surface area contributed by atoms with Crippen LogP contribution < -0.4 is 10.2 Å². The van der Waals surface area contributed by atoms with Gasteiger partial charge in [-0.2, -0.15) is 11.8 Å². The summed E-state index contributed by atoms with van der Waals surface area (Å²) in [6, 6.07) is 3.79. The van der Waals surface area contributed by atoms with Crippen LogP contribution in [0.15, 0.2) is 18.2 Å². The summed E-state index contributed by atoms with van der Waals surface area (Å²) in [5.74, 6) is 0.559. The Morgan fingerprint density at radius 2 is 2.05 bits per heavy atom. The first-order valence-corrected chi connectivity index (χ1v) is 7.78. The van der Waals surface area contributed by atoms with Crippen LogP contribution in [0, 0.1) is 0 Å². The fraction of sp³-hybridized carbons (Fsp3) is 0.333. The quantitative estimate of drug-likeness (QED) is 0.867. The summed E-state index contributed by atoms with van der Waals surface area (Å²) >= 11 is 13.4. The monoisotopic (exact) mass is 318 g/mol. The highest BCUT2D eigenvalue weighted by molar-refractivity contribution is 7.98. The molecule has 1 unspecified atom stereocenters. The Kier molecular flexibility index (Phi) is 4.60. The van der Waals surface area contributed by atoms with Crippen LogP contribution in [-0.4, -0.2) is 30.0 Å². The fourth-order valence-electron chi connectivity index (χ4n) is 1.83. The van der Waals surface area contributed by atoms with Crippen molar-refractivity contribution in [1.82, 2.24) is 5.32 Å². The summed E-state index contributed by atoms with van der Waals surface area (Å²) < 4.78 is 0. The minimum absolute atomic E-state index is 0.252. The fourth-order valence-corrected chi connectivity index (χ4v) is 2.59. The van der Waals surface area contributed by atoms with E-state index >= 15 is 0 Å². The van der Waals surface area contributed by atoms with Gasteiger partial charge in [0.1, 0.15) is 6.04 Å². The van der Waals surface area contributed by atoms with Crippen molar-refractivity contribution in [2.75, 3.05) is 16.9 Å². The van der Waals surface area contributed by atoms with Gasteiger partial charge in [-0.05, 0) is 36.6 Å². The molecule has 1 fully saturated rings. The van der Waals surface area contributed by atoms with Crippen molar-refractivity contribution in [2.45, 2.75) is 12.5 Å². The van der Waals surface area contributed by atoms with Crippen molar-refractivity contribution >= 4 is 52.6 Å². The lowest BCUT2D eigenvalue weighted by atomic mass is 10.2. The molecule has 0 spiro atoms. The van der Waals surface area contributed by atoms with Gasteiger partial charge in [-0.15, -0.1) is 0 Å². The molecule has 19 heavy (non-hydrogen) atoms. The highest BCUT2D eigenvalue weighted by Crippen LogP contribution is 2.29. The summed E-state index contributed by atoms with van der Waals surface area (Å²) in [7, 11) is 0. The molecule has 1 atom stereocenters. The van der Waals surface area contributed by atoms with E-state index < -0.39 is 12.1 Å². The summed E-state index contributed by atoms with van der Waals surface area (Å²) in [6.07, 6.45) is 2.57. The summed E-state index contributed by atoms with van der Waals surface area (Å²) in [5.41, 5.74) is 0.434. The van der Waals surface area contributed by atoms with Crippen LogP contribution in [0.3, 0.4) is 0 Å². The highest BCUT2D eigenvalue weighted by Gasteiger charge is 2.38. The number of rotatable bonds is 4. The number of thioether (sulfide) groups is 1. The van der Waals surface area contributed by atoms with Crippen molar-refractivity contribution in [1.29, 1.82) is 0 Å². The first-order chi connectivity index (χ1) is 9.04. The van der Waals surface area contributed by atoms with Crippen LogP contribution in [-0.2, 0) is 4.79 Å². The topological polar surface area (TPSA) is 49.4 Å². The molecule has 1 heterocycles. The summed E-state index contributed by atoms with van der Waals surface area (Å²) in [6.45, 7) is 0. The molecule has 0 saturated carbocycles. The summed E-state index contributed by atoms with van der Waals surface area (Å²) in [5, 5.41) is 3.37. The van der Waals surface area contributed by atoms with E-state index in [0.717, 1.165) is 10.7 Å². The van der Waals surface area contributed by atoms with Gasteiger partial charge in [-0.1, -0.05) is 23.2 Å². The molecule has 1 aliphatic rings. The van der Waals surface area contributed by atoms with Gasteiger partial charge in [0.25, 0.3) is 5.91 Å². The maximum absolute atomic E-state index is 12.2. The molecular weight excluding hydrogens is 307 g/mol. The Morgan fingerprint density at radius 3 is 2.68 bits per heavy atom. The second-order valence-electron chi connectivity index (χ2n) is 4.06. The van der Waals surface area contributed by atoms with Crippen molar-refractivity contribution in [3.8, 4) is 0 Å². The van der Waals surface area contributed by atoms with Crippen LogP contribution >= 0.6 is 35.0 Å². The van der Waals surface area contributed by atoms with Gasteiger partial charge in [0.05, 0.1) is 15.7 Å². The number of amides is 3. The third-order valence-corrected chi connectivity index (χ3v) is 4.17. The van der Waals surface area contributed by atoms with E-state index in [1.807, 2.05) is 6.26 Å². The summed E-state index contributed by atoms with van der Waals surface area (Å²) in [4.78, 5) is 25.1. The molecule has 102 valence electrons. The number of anilines is 1. The van der Waals surface area contributed by atoms with E-state index in [-0.39, 0.29) is 5.91 Å². The smallest absolute Gasteiger partial charge is 0.325 e. The number of nitrogens with one attached hydrogen (secondary N) is 1.